The molecule has 3 nitrogen and oxygen atoms in total. The molecule has 1 rings (SSSR count). The highest BCUT2D eigenvalue weighted by Gasteiger charge is 2.19. The number of rotatable bonds is 15. The highest BCUT2D eigenvalue weighted by Crippen LogP contribution is 2.24. The van der Waals surface area contributed by atoms with Crippen molar-refractivity contribution in [2.75, 3.05) is 19.6 Å². The van der Waals surface area contributed by atoms with Crippen LogP contribution in [-0.2, 0) is 0 Å². The number of hydrogen-bond acceptors (Lipinski definition) is 3. The fraction of sp³-hybridized carbons (Fsp3) is 1.00. The third kappa shape index (κ3) is 10.0. The first-order valence-corrected chi connectivity index (χ1v) is 10.8. The first-order valence-electron chi connectivity index (χ1n) is 10.8. The minimum Gasteiger partial charge on any atom is -0.393 e. The van der Waals surface area contributed by atoms with Crippen LogP contribution < -0.4 is 11.1 Å². The van der Waals surface area contributed by atoms with Crippen LogP contribution in [0.4, 0.5) is 0 Å². The van der Waals surface area contributed by atoms with Gasteiger partial charge in [0.05, 0.1) is 6.10 Å². The number of unbranched alkanes of at least 4 members (excludes halogenated alkanes) is 2. The Morgan fingerprint density at radius 3 is 2.17 bits per heavy atom. The molecule has 3 atom stereocenters. The van der Waals surface area contributed by atoms with E-state index in [1.165, 1.54) is 70.8 Å². The quantitative estimate of drug-likeness (QED) is 0.412. The van der Waals surface area contributed by atoms with Crippen LogP contribution in [0.2, 0.25) is 0 Å². The SMILES string of the molecule is CCCCC(CN)CC(O)CC(CCCC)CNCC1CCCC1. The number of aliphatic hydroxyl groups is 1. The second-order valence-corrected chi connectivity index (χ2v) is 8.19. The summed E-state index contributed by atoms with van der Waals surface area (Å²) >= 11 is 0. The van der Waals surface area contributed by atoms with Gasteiger partial charge >= 0.3 is 0 Å². The van der Waals surface area contributed by atoms with E-state index in [-0.39, 0.29) is 6.10 Å². The molecule has 3 heteroatoms. The summed E-state index contributed by atoms with van der Waals surface area (Å²) in [6.45, 7) is 7.46. The highest BCUT2D eigenvalue weighted by atomic mass is 16.3. The van der Waals surface area contributed by atoms with Gasteiger partial charge in [-0.2, -0.15) is 0 Å². The van der Waals surface area contributed by atoms with Crippen molar-refractivity contribution in [2.24, 2.45) is 23.5 Å². The Balaban J connectivity index is 2.30. The van der Waals surface area contributed by atoms with E-state index in [4.69, 9.17) is 5.73 Å². The fourth-order valence-electron chi connectivity index (χ4n) is 4.19. The van der Waals surface area contributed by atoms with Gasteiger partial charge in [0.2, 0.25) is 0 Å². The van der Waals surface area contributed by atoms with Crippen molar-refractivity contribution in [1.29, 1.82) is 0 Å². The largest absolute Gasteiger partial charge is 0.393 e. The molecule has 0 aromatic heterocycles. The molecule has 0 amide bonds. The van der Waals surface area contributed by atoms with Crippen molar-refractivity contribution in [3.05, 3.63) is 0 Å². The molecule has 1 fully saturated rings. The molecule has 0 aliphatic heterocycles. The van der Waals surface area contributed by atoms with Gasteiger partial charge in [0.25, 0.3) is 0 Å². The Bertz CT molecular complexity index is 279. The van der Waals surface area contributed by atoms with Crippen molar-refractivity contribution in [2.45, 2.75) is 97.0 Å². The Hall–Kier alpha value is -0.120. The van der Waals surface area contributed by atoms with Crippen LogP contribution in [-0.4, -0.2) is 30.8 Å². The smallest absolute Gasteiger partial charge is 0.0546 e. The van der Waals surface area contributed by atoms with E-state index >= 15 is 0 Å². The summed E-state index contributed by atoms with van der Waals surface area (Å²) in [5.74, 6) is 2.02. The van der Waals surface area contributed by atoms with E-state index in [1.807, 2.05) is 0 Å². The lowest BCUT2D eigenvalue weighted by atomic mass is 9.89. The van der Waals surface area contributed by atoms with Gasteiger partial charge in [-0.3, -0.25) is 0 Å². The van der Waals surface area contributed by atoms with Gasteiger partial charge in [-0.05, 0) is 75.9 Å². The van der Waals surface area contributed by atoms with Gasteiger partial charge in [-0.1, -0.05) is 52.4 Å². The van der Waals surface area contributed by atoms with E-state index in [9.17, 15) is 5.11 Å². The molecule has 0 aromatic rings. The van der Waals surface area contributed by atoms with Gasteiger partial charge < -0.3 is 16.2 Å². The van der Waals surface area contributed by atoms with Gasteiger partial charge in [-0.25, -0.2) is 0 Å². The van der Waals surface area contributed by atoms with E-state index in [0.717, 1.165) is 31.8 Å². The number of hydrogen-bond donors (Lipinski definition) is 3. The minimum atomic E-state index is -0.175. The second-order valence-electron chi connectivity index (χ2n) is 8.19. The first kappa shape index (κ1) is 21.9. The Kier molecular flexibility index (Phi) is 12.9. The average Bonchev–Trinajstić information content (AvgIpc) is 3.09. The fourth-order valence-corrected chi connectivity index (χ4v) is 4.19. The van der Waals surface area contributed by atoms with Crippen LogP contribution in [0.25, 0.3) is 0 Å². The van der Waals surface area contributed by atoms with Crippen molar-refractivity contribution in [3.63, 3.8) is 0 Å². The molecule has 24 heavy (non-hydrogen) atoms. The normalized spacial score (nSPS) is 19.5. The van der Waals surface area contributed by atoms with E-state index in [2.05, 4.69) is 19.2 Å². The van der Waals surface area contributed by atoms with Crippen molar-refractivity contribution >= 4 is 0 Å². The third-order valence-electron chi connectivity index (χ3n) is 5.82. The third-order valence-corrected chi connectivity index (χ3v) is 5.82. The maximum Gasteiger partial charge on any atom is 0.0546 e. The average molecular weight is 341 g/mol. The molecular weight excluding hydrogens is 296 g/mol. The summed E-state index contributed by atoms with van der Waals surface area (Å²) in [4.78, 5) is 0. The van der Waals surface area contributed by atoms with Crippen LogP contribution in [0.1, 0.15) is 90.9 Å². The molecule has 1 saturated carbocycles. The van der Waals surface area contributed by atoms with Crippen LogP contribution >= 0.6 is 0 Å². The molecule has 0 aromatic carbocycles. The number of nitrogens with two attached hydrogens (primary N) is 1. The topological polar surface area (TPSA) is 58.3 Å². The van der Waals surface area contributed by atoms with E-state index < -0.39 is 0 Å². The maximum absolute atomic E-state index is 10.5. The van der Waals surface area contributed by atoms with Gasteiger partial charge in [0.15, 0.2) is 0 Å². The van der Waals surface area contributed by atoms with Crippen LogP contribution in [0, 0.1) is 17.8 Å². The number of nitrogens with one attached hydrogen (secondary N) is 1. The summed E-state index contributed by atoms with van der Waals surface area (Å²) in [7, 11) is 0. The summed E-state index contributed by atoms with van der Waals surface area (Å²) in [5.41, 5.74) is 5.90. The van der Waals surface area contributed by atoms with Crippen molar-refractivity contribution < 1.29 is 5.11 Å². The van der Waals surface area contributed by atoms with Gasteiger partial charge in [0, 0.05) is 0 Å². The predicted molar refractivity (Wildman–Crippen MR) is 105 cm³/mol. The van der Waals surface area contributed by atoms with E-state index in [0.29, 0.717) is 11.8 Å². The molecular formula is C21H44N2O. The van der Waals surface area contributed by atoms with Gasteiger partial charge in [0.1, 0.15) is 0 Å². The molecule has 0 saturated heterocycles. The highest BCUT2D eigenvalue weighted by molar-refractivity contribution is 4.74. The van der Waals surface area contributed by atoms with Crippen molar-refractivity contribution in [3.8, 4) is 0 Å². The van der Waals surface area contributed by atoms with Crippen molar-refractivity contribution in [1.82, 2.24) is 5.32 Å². The van der Waals surface area contributed by atoms with Gasteiger partial charge in [-0.15, -0.1) is 0 Å². The number of aliphatic hydroxyl groups excluding tert-OH is 1. The van der Waals surface area contributed by atoms with Crippen LogP contribution in [0.3, 0.4) is 0 Å². The molecule has 3 unspecified atom stereocenters. The monoisotopic (exact) mass is 340 g/mol. The Morgan fingerprint density at radius 1 is 1.00 bits per heavy atom. The lowest BCUT2D eigenvalue weighted by Gasteiger charge is -2.24. The maximum atomic E-state index is 10.5. The second kappa shape index (κ2) is 14.1. The zero-order valence-electron chi connectivity index (χ0n) is 16.4. The first-order chi connectivity index (χ1) is 11.7. The lowest BCUT2D eigenvalue weighted by Crippen LogP contribution is -2.30. The summed E-state index contributed by atoms with van der Waals surface area (Å²) in [6.07, 6.45) is 14.7. The lowest BCUT2D eigenvalue weighted by molar-refractivity contribution is 0.109. The zero-order chi connectivity index (χ0) is 17.6. The molecule has 4 N–H and O–H groups in total. The summed E-state index contributed by atoms with van der Waals surface area (Å²) < 4.78 is 0. The standard InChI is InChI=1S/C21H44N2O/c1-3-5-9-19(15-22)13-21(24)14-20(10-6-4-2)17-23-16-18-11-7-8-12-18/h18-21,23-24H,3-17,22H2,1-2H3. The molecule has 144 valence electrons. The molecule has 0 radical (unpaired) electrons. The zero-order valence-corrected chi connectivity index (χ0v) is 16.4. The minimum absolute atomic E-state index is 0.175. The van der Waals surface area contributed by atoms with Crippen LogP contribution in [0.15, 0.2) is 0 Å². The Morgan fingerprint density at radius 2 is 1.58 bits per heavy atom. The Labute approximate surface area is 151 Å². The summed E-state index contributed by atoms with van der Waals surface area (Å²) in [5, 5.41) is 14.3. The predicted octanol–water partition coefficient (Wildman–Crippen LogP) is 4.48. The molecule has 0 bridgehead atoms. The molecule has 0 heterocycles. The van der Waals surface area contributed by atoms with E-state index in [1.54, 1.807) is 0 Å². The van der Waals surface area contributed by atoms with Crippen LogP contribution in [0.5, 0.6) is 0 Å². The summed E-state index contributed by atoms with van der Waals surface area (Å²) in [6, 6.07) is 0. The molecule has 0 spiro atoms. The molecule has 1 aliphatic rings. The molecule has 1 aliphatic carbocycles.